The second kappa shape index (κ2) is 11.5. The molecule has 5 nitrogen and oxygen atoms in total. The van der Waals surface area contributed by atoms with Crippen molar-refractivity contribution in [3.63, 3.8) is 0 Å². The Morgan fingerprint density at radius 1 is 0.595 bits per heavy atom. The standard InChI is InChI=1S/C17H8B19NO4S/c1-41-8(38)6-4-2-3-5-7(6)37-42(39,40)17(35,36)15(30,31)13(26,27)11(22,23)9(18,19)10(20,21)12(24,25)14(28,29)16(32,33)34/h2-5,37H,1H3. The van der Waals surface area contributed by atoms with Crippen LogP contribution in [0.25, 0.3) is 0 Å². The van der Waals surface area contributed by atoms with Gasteiger partial charge in [-0.2, -0.15) is 0 Å². The maximum atomic E-state index is 13.5. The molecule has 0 spiro atoms. The van der Waals surface area contributed by atoms with Crippen molar-refractivity contribution in [3.05, 3.63) is 29.8 Å². The number of rotatable bonds is 12. The lowest BCUT2D eigenvalue weighted by molar-refractivity contribution is 0.0602. The molecule has 0 bridgehead atoms. The molecule has 0 aliphatic carbocycles. The fraction of sp³-hybridized carbons (Fsp3) is 0.588. The first-order valence-corrected chi connectivity index (χ1v) is 12.9. The van der Waals surface area contributed by atoms with Crippen molar-refractivity contribution in [2.24, 2.45) is 0 Å². The minimum absolute atomic E-state index is 0.276. The molecule has 0 aliphatic rings. The summed E-state index contributed by atoms with van der Waals surface area (Å²) in [7, 11) is 109. The van der Waals surface area contributed by atoms with Crippen molar-refractivity contribution < 1.29 is 17.9 Å². The number of hydrogen-bond acceptors (Lipinski definition) is 4. The van der Waals surface area contributed by atoms with E-state index < -0.39 is 62.1 Å². The number of benzene rings is 1. The van der Waals surface area contributed by atoms with Gasteiger partial charge in [0.2, 0.25) is 10.0 Å². The predicted octanol–water partition coefficient (Wildman–Crippen LogP) is -5.04. The number of nitrogens with one attached hydrogen (secondary N) is 1. The molecule has 0 aliphatic heterocycles. The lowest BCUT2D eigenvalue weighted by Crippen LogP contribution is -2.65. The number of methoxy groups -OCH3 is 1. The van der Waals surface area contributed by atoms with Crippen molar-refractivity contribution >= 4 is 171 Å². The zero-order chi connectivity index (χ0) is 34.0. The van der Waals surface area contributed by atoms with Crippen molar-refractivity contribution in [1.82, 2.24) is 0 Å². The largest absolute Gasteiger partial charge is 0.465 e. The van der Waals surface area contributed by atoms with Crippen LogP contribution < -0.4 is 4.72 Å². The van der Waals surface area contributed by atoms with Crippen LogP contribution in [-0.4, -0.2) is 175 Å². The Labute approximate surface area is 275 Å². The summed E-state index contributed by atoms with van der Waals surface area (Å²) in [6.07, 6.45) is 0. The fourth-order valence-electron chi connectivity index (χ4n) is 3.70. The first-order chi connectivity index (χ1) is 18.2. The fourth-order valence-corrected chi connectivity index (χ4v) is 4.95. The average Bonchev–Trinajstić information content (AvgIpc) is 2.81. The van der Waals surface area contributed by atoms with Crippen LogP contribution in [0.5, 0.6) is 0 Å². The van der Waals surface area contributed by atoms with Gasteiger partial charge in [-0.25, -0.2) is 13.2 Å². The van der Waals surface area contributed by atoms with Crippen molar-refractivity contribution in [1.29, 1.82) is 0 Å². The quantitative estimate of drug-likeness (QED) is 0.218. The van der Waals surface area contributed by atoms with Crippen LogP contribution in [0, 0.1) is 0 Å². The minimum atomic E-state index is -5.24. The van der Waals surface area contributed by atoms with Crippen molar-refractivity contribution in [3.8, 4) is 0 Å². The molecule has 1 aromatic carbocycles. The third-order valence-electron chi connectivity index (χ3n) is 7.49. The molecule has 0 saturated carbocycles. The average molecular weight is 528 g/mol. The number of esters is 1. The zero-order valence-corrected chi connectivity index (χ0v) is 23.6. The summed E-state index contributed by atoms with van der Waals surface area (Å²) >= 11 is 0. The summed E-state index contributed by atoms with van der Waals surface area (Å²) in [6, 6.07) is 5.09. The van der Waals surface area contributed by atoms with E-state index in [9.17, 15) is 13.2 Å². The Bertz CT molecular complexity index is 1290. The van der Waals surface area contributed by atoms with Gasteiger partial charge in [0.25, 0.3) is 0 Å². The molecule has 0 aromatic heterocycles. The molecule has 1 rings (SSSR count). The van der Waals surface area contributed by atoms with Gasteiger partial charge in [-0.3, -0.25) is 4.72 Å². The Morgan fingerprint density at radius 2 is 0.929 bits per heavy atom. The van der Waals surface area contributed by atoms with Crippen LogP contribution in [0.4, 0.5) is 5.69 Å². The van der Waals surface area contributed by atoms with Crippen LogP contribution in [0.3, 0.4) is 0 Å². The predicted molar refractivity (Wildman–Crippen MR) is 184 cm³/mol. The third kappa shape index (κ3) is 5.63. The van der Waals surface area contributed by atoms with Crippen molar-refractivity contribution in [2.45, 2.75) is 46.2 Å². The molecule has 0 atom stereocenters. The summed E-state index contributed by atoms with van der Waals surface area (Å²) in [5.41, 5.74) is -0.657. The number of hydrogen-bond donors (Lipinski definition) is 1. The van der Waals surface area contributed by atoms with Gasteiger partial charge in [-0.15, -0.1) is 41.6 Å². The Morgan fingerprint density at radius 3 is 1.29 bits per heavy atom. The van der Waals surface area contributed by atoms with E-state index in [0.29, 0.717) is 0 Å². The number of anilines is 1. The van der Waals surface area contributed by atoms with E-state index in [2.05, 4.69) is 4.74 Å². The SMILES string of the molecule is [B]C([B])([B])C([B])([B])C([B])([B])C([B])([B])C([B])([B])C([B])([B])C([B])([B])C([B])([B])C([B])([B])S(=O)(=O)Nc1ccccc1C(=O)OC. The Kier molecular flexibility index (Phi) is 10.9. The monoisotopic (exact) mass is 531 g/mol. The van der Waals surface area contributed by atoms with Crippen LogP contribution in [0.15, 0.2) is 24.3 Å². The van der Waals surface area contributed by atoms with Gasteiger partial charge in [-0.05, 0) is 12.1 Å². The van der Waals surface area contributed by atoms with Gasteiger partial charge >= 0.3 is 5.97 Å². The molecule has 0 unspecified atom stereocenters. The molecule has 0 heterocycles. The molecule has 0 fully saturated rings. The van der Waals surface area contributed by atoms with Crippen molar-refractivity contribution in [2.75, 3.05) is 11.8 Å². The van der Waals surface area contributed by atoms with Crippen LogP contribution >= 0.6 is 0 Å². The highest BCUT2D eigenvalue weighted by Crippen LogP contribution is 2.78. The van der Waals surface area contributed by atoms with Crippen LogP contribution in [-0.2, 0) is 14.8 Å². The highest BCUT2D eigenvalue weighted by atomic mass is 32.2. The number of carbonyl (C=O) groups excluding carboxylic acids is 1. The molecule has 25 heteroatoms. The van der Waals surface area contributed by atoms with Crippen LogP contribution in [0.1, 0.15) is 10.4 Å². The number of carbonyl (C=O) groups is 1. The minimum Gasteiger partial charge on any atom is -0.465 e. The van der Waals surface area contributed by atoms with E-state index >= 15 is 0 Å². The molecule has 1 aromatic rings. The molecule has 0 amide bonds. The van der Waals surface area contributed by atoms with E-state index in [0.717, 1.165) is 13.2 Å². The molecular formula is C17H8B19NO4S. The molecular weight excluding hydrogens is 520 g/mol. The summed E-state index contributed by atoms with van der Waals surface area (Å²) in [4.78, 5) is 12.1. The van der Waals surface area contributed by atoms with Gasteiger partial charge in [0.15, 0.2) is 0 Å². The highest BCUT2D eigenvalue weighted by molar-refractivity contribution is 7.96. The van der Waals surface area contributed by atoms with Gasteiger partial charge in [0.05, 0.1) is 144 Å². The highest BCUT2D eigenvalue weighted by Gasteiger charge is 2.63. The third-order valence-corrected chi connectivity index (χ3v) is 9.21. The number of para-hydroxylation sites is 1. The van der Waals surface area contributed by atoms with Gasteiger partial charge in [0.1, 0.15) is 0 Å². The summed E-state index contributed by atoms with van der Waals surface area (Å²) in [6.45, 7) is 0. The van der Waals surface area contributed by atoms with E-state index in [1.165, 1.54) is 18.2 Å². The van der Waals surface area contributed by atoms with E-state index in [1.54, 1.807) is 0 Å². The second-order valence-corrected chi connectivity index (χ2v) is 12.3. The maximum absolute atomic E-state index is 13.5. The number of sulfonamides is 1. The van der Waals surface area contributed by atoms with E-state index in [1.807, 2.05) is 4.72 Å². The van der Waals surface area contributed by atoms with Crippen LogP contribution in [0.2, 0.25) is 41.6 Å². The molecule has 38 radical (unpaired) electrons. The Hall–Kier alpha value is -0.326. The molecule has 42 heavy (non-hydrogen) atoms. The topological polar surface area (TPSA) is 72.5 Å². The van der Waals surface area contributed by atoms with Gasteiger partial charge in [0, 0.05) is 28.1 Å². The maximum Gasteiger partial charge on any atom is 0.339 e. The first kappa shape index (κ1) is 39.7. The molecule has 168 valence electrons. The smallest absolute Gasteiger partial charge is 0.339 e. The molecule has 1 N–H and O–H groups in total. The lowest BCUT2D eigenvalue weighted by Gasteiger charge is -2.75. The summed E-state index contributed by atoms with van der Waals surface area (Å²) < 4.78 is 30.0. The normalized spacial score (nSPS) is 15.0. The van der Waals surface area contributed by atoms with Gasteiger partial charge in [-0.1, -0.05) is 12.1 Å². The zero-order valence-electron chi connectivity index (χ0n) is 22.8. The summed E-state index contributed by atoms with van der Waals surface area (Å²) in [5.74, 6) is -0.952. The first-order valence-electron chi connectivity index (χ1n) is 11.4. The Balaban J connectivity index is 3.80. The van der Waals surface area contributed by atoms with Gasteiger partial charge < -0.3 is 4.74 Å². The number of ether oxygens (including phenoxy) is 1. The summed E-state index contributed by atoms with van der Waals surface area (Å²) in [5, 5.41) is -24.8. The second-order valence-electron chi connectivity index (χ2n) is 10.5. The lowest BCUT2D eigenvalue weighted by atomic mass is 8.99. The van der Waals surface area contributed by atoms with E-state index in [4.69, 9.17) is 149 Å². The molecule has 0 saturated heterocycles. The van der Waals surface area contributed by atoms with E-state index in [-0.39, 0.29) is 11.3 Å².